The lowest BCUT2D eigenvalue weighted by Crippen LogP contribution is -2.33. The molecule has 0 bridgehead atoms. The molecule has 1 aliphatic heterocycles. The number of hydrogen-bond acceptors (Lipinski definition) is 3. The van der Waals surface area contributed by atoms with E-state index in [9.17, 15) is 4.79 Å². The molecule has 1 unspecified atom stereocenters. The predicted molar refractivity (Wildman–Crippen MR) is 79.2 cm³/mol. The molecule has 1 fully saturated rings. The quantitative estimate of drug-likeness (QED) is 0.878. The van der Waals surface area contributed by atoms with Crippen molar-refractivity contribution in [1.82, 2.24) is 5.32 Å². The van der Waals surface area contributed by atoms with E-state index in [1.165, 1.54) is 0 Å². The lowest BCUT2D eigenvalue weighted by molar-refractivity contribution is -0.115. The first-order valence-corrected chi connectivity index (χ1v) is 6.49. The van der Waals surface area contributed by atoms with Gasteiger partial charge < -0.3 is 15.4 Å². The van der Waals surface area contributed by atoms with E-state index < -0.39 is 0 Å². The van der Waals surface area contributed by atoms with Gasteiger partial charge in [0, 0.05) is 23.9 Å². The van der Waals surface area contributed by atoms with Crippen molar-refractivity contribution in [2.24, 2.45) is 0 Å². The number of benzene rings is 1. The van der Waals surface area contributed by atoms with E-state index in [-0.39, 0.29) is 31.0 Å². The fraction of sp³-hybridized carbons (Fsp3) is 0.462. The molecule has 19 heavy (non-hydrogen) atoms. The second kappa shape index (κ2) is 8.38. The van der Waals surface area contributed by atoms with Gasteiger partial charge in [-0.1, -0.05) is 17.7 Å². The van der Waals surface area contributed by atoms with E-state index in [1.807, 2.05) is 6.07 Å². The second-order valence-corrected chi connectivity index (χ2v) is 4.76. The Hall–Kier alpha value is -0.810. The molecule has 106 valence electrons. The molecule has 0 saturated carbocycles. The minimum absolute atomic E-state index is 0. The van der Waals surface area contributed by atoms with Gasteiger partial charge in [-0.3, -0.25) is 4.79 Å². The van der Waals surface area contributed by atoms with Gasteiger partial charge in [-0.25, -0.2) is 0 Å². The van der Waals surface area contributed by atoms with E-state index in [0.29, 0.717) is 10.7 Å². The number of amides is 1. The summed E-state index contributed by atoms with van der Waals surface area (Å²) in [5, 5.41) is 6.48. The van der Waals surface area contributed by atoms with Crippen LogP contribution in [0.1, 0.15) is 12.8 Å². The van der Waals surface area contributed by atoms with Gasteiger partial charge in [-0.2, -0.15) is 0 Å². The van der Waals surface area contributed by atoms with Crippen molar-refractivity contribution in [2.75, 3.05) is 25.0 Å². The molecular weight excluding hydrogens is 287 g/mol. The number of ether oxygens (including phenoxy) is 1. The van der Waals surface area contributed by atoms with Gasteiger partial charge in [0.05, 0.1) is 12.6 Å². The van der Waals surface area contributed by atoms with Crippen LogP contribution in [0.3, 0.4) is 0 Å². The summed E-state index contributed by atoms with van der Waals surface area (Å²) < 4.78 is 5.46. The Bertz CT molecular complexity index is 409. The largest absolute Gasteiger partial charge is 0.377 e. The lowest BCUT2D eigenvalue weighted by Gasteiger charge is -2.10. The maximum Gasteiger partial charge on any atom is 0.238 e. The standard InChI is InChI=1S/C13H17ClN2O2.ClH/c14-10-3-1-4-11(7-10)16-13(17)9-15-8-12-5-2-6-18-12;/h1,3-4,7,12,15H,2,5-6,8-9H2,(H,16,17);1H. The Morgan fingerprint density at radius 3 is 3.00 bits per heavy atom. The van der Waals surface area contributed by atoms with Gasteiger partial charge >= 0.3 is 0 Å². The first-order chi connectivity index (χ1) is 8.74. The van der Waals surface area contributed by atoms with Crippen LogP contribution >= 0.6 is 24.0 Å². The molecule has 0 aliphatic carbocycles. The monoisotopic (exact) mass is 304 g/mol. The Labute approximate surface area is 124 Å². The Morgan fingerprint density at radius 2 is 2.32 bits per heavy atom. The number of hydrogen-bond donors (Lipinski definition) is 2. The Balaban J connectivity index is 0.00000180. The van der Waals surface area contributed by atoms with Gasteiger partial charge in [-0.05, 0) is 31.0 Å². The summed E-state index contributed by atoms with van der Waals surface area (Å²) in [5.74, 6) is -0.0738. The third-order valence-corrected chi connectivity index (χ3v) is 3.03. The molecule has 1 aromatic rings. The summed E-state index contributed by atoms with van der Waals surface area (Å²) in [4.78, 5) is 11.6. The first kappa shape index (κ1) is 16.2. The fourth-order valence-electron chi connectivity index (χ4n) is 1.92. The van der Waals surface area contributed by atoms with Crippen molar-refractivity contribution in [2.45, 2.75) is 18.9 Å². The Kier molecular flexibility index (Phi) is 7.16. The molecular formula is C13H18Cl2N2O2. The molecule has 6 heteroatoms. The highest BCUT2D eigenvalue weighted by Gasteiger charge is 2.15. The lowest BCUT2D eigenvalue weighted by atomic mass is 10.2. The van der Waals surface area contributed by atoms with Gasteiger partial charge in [0.2, 0.25) is 5.91 Å². The molecule has 0 spiro atoms. The van der Waals surface area contributed by atoms with Crippen LogP contribution in [0.15, 0.2) is 24.3 Å². The van der Waals surface area contributed by atoms with Crippen molar-refractivity contribution in [1.29, 1.82) is 0 Å². The fourth-order valence-corrected chi connectivity index (χ4v) is 2.11. The van der Waals surface area contributed by atoms with E-state index in [0.717, 1.165) is 26.0 Å². The molecule has 1 saturated heterocycles. The average Bonchev–Trinajstić information content (AvgIpc) is 2.82. The second-order valence-electron chi connectivity index (χ2n) is 4.32. The maximum absolute atomic E-state index is 11.6. The van der Waals surface area contributed by atoms with Crippen molar-refractivity contribution in [3.63, 3.8) is 0 Å². The first-order valence-electron chi connectivity index (χ1n) is 6.12. The number of anilines is 1. The van der Waals surface area contributed by atoms with Gasteiger partial charge in [0.25, 0.3) is 0 Å². The zero-order valence-corrected chi connectivity index (χ0v) is 12.1. The molecule has 1 aliphatic rings. The number of carbonyl (C=O) groups excluding carboxylic acids is 1. The summed E-state index contributed by atoms with van der Waals surface area (Å²) in [7, 11) is 0. The van der Waals surface area contributed by atoms with E-state index in [2.05, 4.69) is 10.6 Å². The molecule has 0 aromatic heterocycles. The Morgan fingerprint density at radius 1 is 1.47 bits per heavy atom. The van der Waals surface area contributed by atoms with Crippen LogP contribution in [-0.2, 0) is 9.53 Å². The van der Waals surface area contributed by atoms with Crippen LogP contribution in [0, 0.1) is 0 Å². The smallest absolute Gasteiger partial charge is 0.238 e. The maximum atomic E-state index is 11.6. The van der Waals surface area contributed by atoms with Crippen molar-refractivity contribution >= 4 is 35.6 Å². The zero-order chi connectivity index (χ0) is 12.8. The summed E-state index contributed by atoms with van der Waals surface area (Å²) in [6.07, 6.45) is 2.44. The SMILES string of the molecule is Cl.O=C(CNCC1CCCO1)Nc1cccc(Cl)c1. The minimum Gasteiger partial charge on any atom is -0.377 e. The number of nitrogens with one attached hydrogen (secondary N) is 2. The topological polar surface area (TPSA) is 50.4 Å². The molecule has 1 heterocycles. The van der Waals surface area contributed by atoms with Crippen LogP contribution in [0.5, 0.6) is 0 Å². The van der Waals surface area contributed by atoms with E-state index >= 15 is 0 Å². The predicted octanol–water partition coefficient (Wildman–Crippen LogP) is 2.47. The highest BCUT2D eigenvalue weighted by atomic mass is 35.5. The highest BCUT2D eigenvalue weighted by molar-refractivity contribution is 6.30. The minimum atomic E-state index is -0.0738. The van der Waals surface area contributed by atoms with Crippen LogP contribution in [0.2, 0.25) is 5.02 Å². The summed E-state index contributed by atoms with van der Waals surface area (Å²) in [5.41, 5.74) is 0.714. The van der Waals surface area contributed by atoms with E-state index in [1.54, 1.807) is 18.2 Å². The summed E-state index contributed by atoms with van der Waals surface area (Å²) >= 11 is 5.84. The van der Waals surface area contributed by atoms with Crippen molar-refractivity contribution < 1.29 is 9.53 Å². The van der Waals surface area contributed by atoms with E-state index in [4.69, 9.17) is 16.3 Å². The van der Waals surface area contributed by atoms with Gasteiger partial charge in [0.15, 0.2) is 0 Å². The number of rotatable bonds is 5. The van der Waals surface area contributed by atoms with Crippen LogP contribution < -0.4 is 10.6 Å². The average molecular weight is 305 g/mol. The molecule has 0 radical (unpaired) electrons. The van der Waals surface area contributed by atoms with Crippen LogP contribution in [-0.4, -0.2) is 31.7 Å². The molecule has 2 rings (SSSR count). The van der Waals surface area contributed by atoms with Crippen LogP contribution in [0.4, 0.5) is 5.69 Å². The zero-order valence-electron chi connectivity index (χ0n) is 10.5. The third kappa shape index (κ3) is 5.78. The van der Waals surface area contributed by atoms with Crippen molar-refractivity contribution in [3.05, 3.63) is 29.3 Å². The normalized spacial score (nSPS) is 17.8. The summed E-state index contributed by atoms with van der Waals surface area (Å²) in [6, 6.07) is 7.11. The van der Waals surface area contributed by atoms with Crippen molar-refractivity contribution in [3.8, 4) is 0 Å². The molecule has 1 amide bonds. The molecule has 1 atom stereocenters. The van der Waals surface area contributed by atoms with Crippen LogP contribution in [0.25, 0.3) is 0 Å². The molecule has 1 aromatic carbocycles. The highest BCUT2D eigenvalue weighted by Crippen LogP contribution is 2.14. The molecule has 4 nitrogen and oxygen atoms in total. The number of carbonyl (C=O) groups is 1. The van der Waals surface area contributed by atoms with Gasteiger partial charge in [0.1, 0.15) is 0 Å². The summed E-state index contributed by atoms with van der Waals surface area (Å²) in [6.45, 7) is 1.84. The number of halogens is 2. The van der Waals surface area contributed by atoms with Gasteiger partial charge in [-0.15, -0.1) is 12.4 Å². The molecule has 2 N–H and O–H groups in total. The third-order valence-electron chi connectivity index (χ3n) is 2.79.